The van der Waals surface area contributed by atoms with Gasteiger partial charge in [0, 0.05) is 36.9 Å². The van der Waals surface area contributed by atoms with Crippen molar-refractivity contribution in [1.29, 1.82) is 0 Å². The Hall–Kier alpha value is -8.24. The fourth-order valence-electron chi connectivity index (χ4n) is 10.0. The summed E-state index contributed by atoms with van der Waals surface area (Å²) < 4.78 is 2.54. The smallest absolute Gasteiger partial charge is 0.160 e. The summed E-state index contributed by atoms with van der Waals surface area (Å²) in [4.78, 5) is 10.4. The average Bonchev–Trinajstić information content (AvgIpc) is 3.77. The molecule has 302 valence electrons. The SMILES string of the molecule is c1ccc(-c2nc(-c3ccc4cc(-c5ccc(-c6c7ccccc7c(-c7ccccc7)c7ccc8ccccc8c67)cc5)ccc4c3)cc(-c3cccc4sc5ccccc5c34)n2)cc1. The second-order valence-corrected chi connectivity index (χ2v) is 17.9. The van der Waals surface area contributed by atoms with E-state index in [-0.39, 0.29) is 0 Å². The van der Waals surface area contributed by atoms with Crippen LogP contribution in [0.25, 0.3) is 131 Å². The minimum Gasteiger partial charge on any atom is -0.228 e. The lowest BCUT2D eigenvalue weighted by molar-refractivity contribution is 1.19. The summed E-state index contributed by atoms with van der Waals surface area (Å²) in [5, 5.41) is 12.4. The Morgan fingerprint density at radius 2 is 0.831 bits per heavy atom. The van der Waals surface area contributed by atoms with E-state index in [4.69, 9.17) is 9.97 Å². The fourth-order valence-corrected chi connectivity index (χ4v) is 11.1. The summed E-state index contributed by atoms with van der Waals surface area (Å²) in [6.07, 6.45) is 0. The number of thiophene rings is 1. The van der Waals surface area contributed by atoms with Gasteiger partial charge < -0.3 is 0 Å². The first-order valence-corrected chi connectivity index (χ1v) is 23.0. The quantitative estimate of drug-likeness (QED) is 0.123. The third-order valence-electron chi connectivity index (χ3n) is 13.1. The van der Waals surface area contributed by atoms with Crippen LogP contribution in [0.4, 0.5) is 0 Å². The molecule has 0 spiro atoms. The first-order valence-electron chi connectivity index (χ1n) is 22.1. The average molecular weight is 843 g/mol. The highest BCUT2D eigenvalue weighted by Gasteiger charge is 2.20. The van der Waals surface area contributed by atoms with Gasteiger partial charge in [0.2, 0.25) is 0 Å². The van der Waals surface area contributed by atoms with Gasteiger partial charge in [0.05, 0.1) is 11.4 Å². The molecule has 3 heteroatoms. The van der Waals surface area contributed by atoms with Gasteiger partial charge in [-0.1, -0.05) is 200 Å². The Labute approximate surface area is 380 Å². The van der Waals surface area contributed by atoms with E-state index >= 15 is 0 Å². The number of fused-ring (bicyclic) bond motifs is 8. The molecule has 0 aliphatic carbocycles. The van der Waals surface area contributed by atoms with Gasteiger partial charge in [0.15, 0.2) is 5.82 Å². The number of hydrogen-bond donors (Lipinski definition) is 0. The summed E-state index contributed by atoms with van der Waals surface area (Å²) in [6, 6.07) is 83.5. The molecule has 13 rings (SSSR count). The van der Waals surface area contributed by atoms with Crippen LogP contribution in [-0.2, 0) is 0 Å². The van der Waals surface area contributed by atoms with Crippen LogP contribution in [-0.4, -0.2) is 9.97 Å². The van der Waals surface area contributed by atoms with Gasteiger partial charge in [-0.05, 0) is 107 Å². The predicted octanol–water partition coefficient (Wildman–Crippen LogP) is 17.5. The lowest BCUT2D eigenvalue weighted by Crippen LogP contribution is -1.96. The van der Waals surface area contributed by atoms with E-state index in [1.807, 2.05) is 29.5 Å². The highest BCUT2D eigenvalue weighted by atomic mass is 32.1. The van der Waals surface area contributed by atoms with Crippen LogP contribution in [0.2, 0.25) is 0 Å². The van der Waals surface area contributed by atoms with Crippen molar-refractivity contribution in [1.82, 2.24) is 9.97 Å². The summed E-state index contributed by atoms with van der Waals surface area (Å²) in [5.41, 5.74) is 12.3. The Balaban J connectivity index is 0.902. The summed E-state index contributed by atoms with van der Waals surface area (Å²) in [7, 11) is 0. The molecule has 2 aromatic heterocycles. The summed E-state index contributed by atoms with van der Waals surface area (Å²) in [5.74, 6) is 0.717. The highest BCUT2D eigenvalue weighted by Crippen LogP contribution is 2.47. The molecule has 65 heavy (non-hydrogen) atoms. The first-order chi connectivity index (χ1) is 32.2. The van der Waals surface area contributed by atoms with E-state index < -0.39 is 0 Å². The van der Waals surface area contributed by atoms with E-state index in [2.05, 4.69) is 212 Å². The van der Waals surface area contributed by atoms with Gasteiger partial charge in [-0.3, -0.25) is 0 Å². The van der Waals surface area contributed by atoms with Crippen LogP contribution >= 0.6 is 11.3 Å². The van der Waals surface area contributed by atoms with E-state index in [0.29, 0.717) is 0 Å². The van der Waals surface area contributed by atoms with Gasteiger partial charge in [0.1, 0.15) is 0 Å². The number of aromatic nitrogens is 2. The van der Waals surface area contributed by atoms with Gasteiger partial charge >= 0.3 is 0 Å². The van der Waals surface area contributed by atoms with Crippen LogP contribution in [0.3, 0.4) is 0 Å². The highest BCUT2D eigenvalue weighted by molar-refractivity contribution is 7.25. The Morgan fingerprint density at radius 1 is 0.277 bits per heavy atom. The van der Waals surface area contributed by atoms with Crippen LogP contribution < -0.4 is 0 Å². The molecule has 0 saturated heterocycles. The molecule has 2 nitrogen and oxygen atoms in total. The van der Waals surface area contributed by atoms with Crippen molar-refractivity contribution in [2.24, 2.45) is 0 Å². The van der Waals surface area contributed by atoms with Gasteiger partial charge in [-0.25, -0.2) is 9.97 Å². The normalized spacial score (nSPS) is 11.7. The minimum absolute atomic E-state index is 0.717. The monoisotopic (exact) mass is 842 g/mol. The largest absolute Gasteiger partial charge is 0.228 e. The van der Waals surface area contributed by atoms with Crippen molar-refractivity contribution in [3.63, 3.8) is 0 Å². The molecule has 0 unspecified atom stereocenters. The van der Waals surface area contributed by atoms with E-state index in [0.717, 1.165) is 33.9 Å². The van der Waals surface area contributed by atoms with Crippen molar-refractivity contribution in [3.8, 4) is 67.3 Å². The summed E-state index contributed by atoms with van der Waals surface area (Å²) in [6.45, 7) is 0. The molecule has 0 aliphatic rings. The number of rotatable bonds is 6. The number of hydrogen-bond acceptors (Lipinski definition) is 3. The maximum atomic E-state index is 5.22. The van der Waals surface area contributed by atoms with Crippen molar-refractivity contribution in [2.75, 3.05) is 0 Å². The molecule has 0 N–H and O–H groups in total. The van der Waals surface area contributed by atoms with Crippen LogP contribution in [0.15, 0.2) is 231 Å². The topological polar surface area (TPSA) is 25.8 Å². The second-order valence-electron chi connectivity index (χ2n) is 16.8. The zero-order chi connectivity index (χ0) is 42.8. The number of nitrogens with zero attached hydrogens (tertiary/aromatic N) is 2. The Morgan fingerprint density at radius 3 is 1.62 bits per heavy atom. The van der Waals surface area contributed by atoms with Crippen molar-refractivity contribution >= 4 is 74.6 Å². The van der Waals surface area contributed by atoms with Gasteiger partial charge in [-0.2, -0.15) is 0 Å². The molecular formula is C62H38N2S. The minimum atomic E-state index is 0.717. The summed E-state index contributed by atoms with van der Waals surface area (Å²) >= 11 is 1.83. The third-order valence-corrected chi connectivity index (χ3v) is 14.2. The molecule has 0 bridgehead atoms. The van der Waals surface area contributed by atoms with Crippen molar-refractivity contribution < 1.29 is 0 Å². The van der Waals surface area contributed by atoms with E-state index in [1.165, 1.54) is 96.6 Å². The molecule has 2 heterocycles. The van der Waals surface area contributed by atoms with Crippen LogP contribution in [0, 0.1) is 0 Å². The van der Waals surface area contributed by atoms with Crippen molar-refractivity contribution in [2.45, 2.75) is 0 Å². The first kappa shape index (κ1) is 37.3. The van der Waals surface area contributed by atoms with Gasteiger partial charge in [-0.15, -0.1) is 11.3 Å². The molecule has 0 saturated carbocycles. The second kappa shape index (κ2) is 15.2. The molecule has 0 atom stereocenters. The molecule has 11 aromatic carbocycles. The molecule has 0 aliphatic heterocycles. The van der Waals surface area contributed by atoms with Crippen LogP contribution in [0.1, 0.15) is 0 Å². The lowest BCUT2D eigenvalue weighted by Gasteiger charge is -2.19. The molecular weight excluding hydrogens is 805 g/mol. The lowest BCUT2D eigenvalue weighted by atomic mass is 9.84. The van der Waals surface area contributed by atoms with E-state index in [9.17, 15) is 0 Å². The van der Waals surface area contributed by atoms with Crippen LogP contribution in [0.5, 0.6) is 0 Å². The zero-order valence-electron chi connectivity index (χ0n) is 35.2. The Bertz CT molecular complexity index is 3980. The fraction of sp³-hybridized carbons (Fsp3) is 0. The van der Waals surface area contributed by atoms with Crippen molar-refractivity contribution in [3.05, 3.63) is 231 Å². The predicted molar refractivity (Wildman–Crippen MR) is 278 cm³/mol. The standard InChI is InChI=1S/C62H38N2S/c1-3-15-41(16-4-1)58-49-20-9-10-21-50(49)59(61-48-19-8-7-14-40(48)34-35-53(58)61)42-28-26-39(27-29-42)44-30-31-46-37-47(33-32-45(46)36-44)54-38-55(64-62(63-54)43-17-5-2-6-18-43)51-23-13-25-57-60(51)52-22-11-12-24-56(52)65-57/h1-38H. The molecule has 13 aromatic rings. The third kappa shape index (κ3) is 6.31. The molecule has 0 amide bonds. The molecule has 0 radical (unpaired) electrons. The molecule has 0 fully saturated rings. The van der Waals surface area contributed by atoms with Gasteiger partial charge in [0.25, 0.3) is 0 Å². The number of benzene rings is 11. The Kier molecular flexibility index (Phi) is 8.75. The maximum Gasteiger partial charge on any atom is 0.160 e. The van der Waals surface area contributed by atoms with E-state index in [1.54, 1.807) is 0 Å². The maximum absolute atomic E-state index is 5.22. The zero-order valence-corrected chi connectivity index (χ0v) is 36.1.